The highest BCUT2D eigenvalue weighted by atomic mass is 16.5. The molecule has 2 N–H and O–H groups in total. The maximum absolute atomic E-state index is 5.78. The molecular formula is C23H38N4O2. The Labute approximate surface area is 176 Å². The molecule has 0 radical (unpaired) electrons. The Morgan fingerprint density at radius 1 is 1.28 bits per heavy atom. The molecule has 0 amide bonds. The molecule has 0 saturated carbocycles. The number of aryl methyl sites for hydroxylation is 1. The van der Waals surface area contributed by atoms with Gasteiger partial charge < -0.3 is 25.0 Å². The van der Waals surface area contributed by atoms with Crippen LogP contribution < -0.4 is 15.5 Å². The van der Waals surface area contributed by atoms with Crippen molar-refractivity contribution in [3.63, 3.8) is 0 Å². The van der Waals surface area contributed by atoms with Crippen LogP contribution in [0.5, 0.6) is 0 Å². The standard InChI is InChI=1S/C23H38N4O2/c1-3-24-23(25-12-5-14-28-17-20-11-15-29-18-20)26-21-6-4-13-27(16-21)22-9-7-19(2)8-10-22/h7-10,20-21H,3-6,11-18H2,1-2H3,(H2,24,25,26). The molecule has 2 atom stereocenters. The number of piperidine rings is 1. The second kappa shape index (κ2) is 12.0. The molecule has 2 saturated heterocycles. The molecule has 2 aliphatic rings. The van der Waals surface area contributed by atoms with E-state index in [1.807, 2.05) is 0 Å². The van der Waals surface area contributed by atoms with Crippen molar-refractivity contribution < 1.29 is 9.47 Å². The van der Waals surface area contributed by atoms with E-state index in [4.69, 9.17) is 14.5 Å². The summed E-state index contributed by atoms with van der Waals surface area (Å²) < 4.78 is 11.2. The Morgan fingerprint density at radius 2 is 2.14 bits per heavy atom. The van der Waals surface area contributed by atoms with Crippen LogP contribution in [0.2, 0.25) is 0 Å². The lowest BCUT2D eigenvalue weighted by Gasteiger charge is -2.35. The second-order valence-electron chi connectivity index (χ2n) is 8.18. The zero-order valence-electron chi connectivity index (χ0n) is 18.2. The molecule has 0 aliphatic carbocycles. The zero-order valence-corrected chi connectivity index (χ0v) is 18.2. The van der Waals surface area contributed by atoms with Gasteiger partial charge in [-0.05, 0) is 51.7 Å². The largest absolute Gasteiger partial charge is 0.381 e. The van der Waals surface area contributed by atoms with Gasteiger partial charge in [0.25, 0.3) is 0 Å². The molecule has 2 heterocycles. The normalized spacial score (nSPS) is 22.7. The fourth-order valence-corrected chi connectivity index (χ4v) is 3.92. The first-order chi connectivity index (χ1) is 14.2. The van der Waals surface area contributed by atoms with Gasteiger partial charge in [-0.1, -0.05) is 17.7 Å². The summed E-state index contributed by atoms with van der Waals surface area (Å²) in [6.45, 7) is 11.4. The van der Waals surface area contributed by atoms with E-state index in [0.29, 0.717) is 12.0 Å². The molecule has 0 aromatic heterocycles. The summed E-state index contributed by atoms with van der Waals surface area (Å²) in [6.07, 6.45) is 4.46. The Kier molecular flexibility index (Phi) is 9.09. The fourth-order valence-electron chi connectivity index (χ4n) is 3.92. The molecule has 2 unspecified atom stereocenters. The van der Waals surface area contributed by atoms with Crippen LogP contribution in [0.3, 0.4) is 0 Å². The van der Waals surface area contributed by atoms with E-state index < -0.39 is 0 Å². The molecule has 29 heavy (non-hydrogen) atoms. The van der Waals surface area contributed by atoms with Gasteiger partial charge in [0.15, 0.2) is 5.96 Å². The quantitative estimate of drug-likeness (QED) is 0.378. The lowest BCUT2D eigenvalue weighted by molar-refractivity contribution is 0.0893. The number of aliphatic imine (C=N–C) groups is 1. The van der Waals surface area contributed by atoms with Crippen LogP contribution in [-0.4, -0.2) is 64.6 Å². The molecule has 0 bridgehead atoms. The van der Waals surface area contributed by atoms with Crippen molar-refractivity contribution in [2.24, 2.45) is 10.9 Å². The van der Waals surface area contributed by atoms with E-state index in [1.54, 1.807) is 0 Å². The third-order valence-corrected chi connectivity index (χ3v) is 5.60. The smallest absolute Gasteiger partial charge is 0.191 e. The molecule has 0 spiro atoms. The lowest BCUT2D eigenvalue weighted by Crippen LogP contribution is -2.51. The Morgan fingerprint density at radius 3 is 2.90 bits per heavy atom. The van der Waals surface area contributed by atoms with Crippen molar-refractivity contribution in [3.05, 3.63) is 29.8 Å². The first-order valence-corrected chi connectivity index (χ1v) is 11.3. The molecule has 3 rings (SSSR count). The highest BCUT2D eigenvalue weighted by molar-refractivity contribution is 5.80. The highest BCUT2D eigenvalue weighted by Crippen LogP contribution is 2.20. The minimum absolute atomic E-state index is 0.418. The monoisotopic (exact) mass is 402 g/mol. The summed E-state index contributed by atoms with van der Waals surface area (Å²) in [6, 6.07) is 9.27. The van der Waals surface area contributed by atoms with Crippen molar-refractivity contribution in [3.8, 4) is 0 Å². The number of hydrogen-bond acceptors (Lipinski definition) is 4. The highest BCUT2D eigenvalue weighted by Gasteiger charge is 2.21. The minimum atomic E-state index is 0.418. The van der Waals surface area contributed by atoms with Crippen molar-refractivity contribution in [1.82, 2.24) is 10.6 Å². The van der Waals surface area contributed by atoms with Crippen molar-refractivity contribution in [2.75, 3.05) is 57.5 Å². The molecule has 1 aromatic rings. The van der Waals surface area contributed by atoms with Gasteiger partial charge in [0.05, 0.1) is 13.2 Å². The topological polar surface area (TPSA) is 58.1 Å². The first kappa shape index (κ1) is 21.9. The first-order valence-electron chi connectivity index (χ1n) is 11.3. The molecule has 162 valence electrons. The molecule has 2 aliphatic heterocycles. The van der Waals surface area contributed by atoms with Crippen LogP contribution in [0.15, 0.2) is 29.3 Å². The number of nitrogens with zero attached hydrogens (tertiary/aromatic N) is 2. The van der Waals surface area contributed by atoms with Gasteiger partial charge in [-0.25, -0.2) is 0 Å². The van der Waals surface area contributed by atoms with Crippen LogP contribution in [-0.2, 0) is 9.47 Å². The maximum Gasteiger partial charge on any atom is 0.191 e. The van der Waals surface area contributed by atoms with E-state index in [0.717, 1.165) is 71.4 Å². The van der Waals surface area contributed by atoms with Crippen molar-refractivity contribution in [2.45, 2.75) is 45.6 Å². The van der Waals surface area contributed by atoms with Gasteiger partial charge in [-0.2, -0.15) is 0 Å². The third kappa shape index (κ3) is 7.52. The SMILES string of the molecule is CCNC(=NCCCOCC1CCOC1)NC1CCCN(c2ccc(C)cc2)C1. The van der Waals surface area contributed by atoms with Gasteiger partial charge in [-0.15, -0.1) is 0 Å². The summed E-state index contributed by atoms with van der Waals surface area (Å²) in [5.41, 5.74) is 2.62. The summed E-state index contributed by atoms with van der Waals surface area (Å²) in [4.78, 5) is 7.23. The molecule has 2 fully saturated rings. The molecule has 1 aromatic carbocycles. The van der Waals surface area contributed by atoms with E-state index in [-0.39, 0.29) is 0 Å². The van der Waals surface area contributed by atoms with Crippen LogP contribution in [0.4, 0.5) is 5.69 Å². The predicted octanol–water partition coefficient (Wildman–Crippen LogP) is 2.96. The molecule has 6 nitrogen and oxygen atoms in total. The van der Waals surface area contributed by atoms with E-state index >= 15 is 0 Å². The average Bonchev–Trinajstić information content (AvgIpc) is 3.25. The van der Waals surface area contributed by atoms with E-state index in [1.165, 1.54) is 24.1 Å². The summed E-state index contributed by atoms with van der Waals surface area (Å²) in [5.74, 6) is 1.51. The van der Waals surface area contributed by atoms with Crippen molar-refractivity contribution in [1.29, 1.82) is 0 Å². The van der Waals surface area contributed by atoms with Gasteiger partial charge in [0, 0.05) is 57.0 Å². The van der Waals surface area contributed by atoms with Crippen LogP contribution >= 0.6 is 0 Å². The fraction of sp³-hybridized carbons (Fsp3) is 0.696. The van der Waals surface area contributed by atoms with Gasteiger partial charge in [0.1, 0.15) is 0 Å². The van der Waals surface area contributed by atoms with E-state index in [2.05, 4.69) is 53.6 Å². The summed E-state index contributed by atoms with van der Waals surface area (Å²) >= 11 is 0. The number of nitrogens with one attached hydrogen (secondary N) is 2. The summed E-state index contributed by atoms with van der Waals surface area (Å²) in [7, 11) is 0. The average molecular weight is 403 g/mol. The zero-order chi connectivity index (χ0) is 20.3. The number of ether oxygens (including phenoxy) is 2. The summed E-state index contributed by atoms with van der Waals surface area (Å²) in [5, 5.41) is 7.03. The number of benzene rings is 1. The minimum Gasteiger partial charge on any atom is -0.381 e. The van der Waals surface area contributed by atoms with Crippen LogP contribution in [0, 0.1) is 12.8 Å². The second-order valence-corrected chi connectivity index (χ2v) is 8.18. The third-order valence-electron chi connectivity index (χ3n) is 5.60. The van der Waals surface area contributed by atoms with Crippen LogP contribution in [0.1, 0.15) is 38.2 Å². The lowest BCUT2D eigenvalue weighted by atomic mass is 10.0. The van der Waals surface area contributed by atoms with Crippen LogP contribution in [0.25, 0.3) is 0 Å². The number of guanidine groups is 1. The van der Waals surface area contributed by atoms with Gasteiger partial charge in [0.2, 0.25) is 0 Å². The Hall–Kier alpha value is -1.79. The van der Waals surface area contributed by atoms with Gasteiger partial charge in [-0.3, -0.25) is 4.99 Å². The van der Waals surface area contributed by atoms with E-state index in [9.17, 15) is 0 Å². The molecule has 6 heteroatoms. The van der Waals surface area contributed by atoms with Crippen molar-refractivity contribution >= 4 is 11.6 Å². The number of hydrogen-bond donors (Lipinski definition) is 2. The number of rotatable bonds is 9. The Bertz CT molecular complexity index is 614. The maximum atomic E-state index is 5.78. The predicted molar refractivity (Wildman–Crippen MR) is 120 cm³/mol. The number of anilines is 1. The Balaban J connectivity index is 1.40. The van der Waals surface area contributed by atoms with Gasteiger partial charge >= 0.3 is 0 Å². The molecular weight excluding hydrogens is 364 g/mol.